The Balaban J connectivity index is 4.49. The van der Waals surface area contributed by atoms with E-state index >= 15 is 0 Å². The van der Waals surface area contributed by atoms with Gasteiger partial charge in [-0.05, 0) is 0 Å². The van der Waals surface area contributed by atoms with Crippen LogP contribution in [0.4, 0.5) is 0 Å². The third kappa shape index (κ3) is 7.88. The van der Waals surface area contributed by atoms with Gasteiger partial charge < -0.3 is 26.2 Å². The number of carbonyl (C=O) groups is 4. The van der Waals surface area contributed by atoms with E-state index in [9.17, 15) is 19.2 Å². The third-order valence-corrected chi connectivity index (χ3v) is 2.63. The summed E-state index contributed by atoms with van der Waals surface area (Å²) in [6.45, 7) is 1.37. The predicted molar refractivity (Wildman–Crippen MR) is 72.1 cm³/mol. The summed E-state index contributed by atoms with van der Waals surface area (Å²) < 4.78 is 0. The number of hydrogen-bond acceptors (Lipinski definition) is 5. The molecule has 0 aliphatic rings. The van der Waals surface area contributed by atoms with Crippen LogP contribution in [0.2, 0.25) is 0 Å². The first-order valence-electron chi connectivity index (χ1n) is 6.43. The number of hydrogen-bond donors (Lipinski definition) is 5. The standard InChI is InChI=1S/C12H21N3O6/c1-7(5-9(17)14-3-4-16)11(20)15-8(6-10(18)19)12(21)13-2/h7-8,16H,3-6H2,1-2H3,(H,13,21)(H,14,17)(H,15,20)(H,18,19). The molecule has 0 rings (SSSR count). The first-order valence-corrected chi connectivity index (χ1v) is 6.43. The molecule has 0 bridgehead atoms. The Labute approximate surface area is 122 Å². The zero-order valence-corrected chi connectivity index (χ0v) is 12.0. The van der Waals surface area contributed by atoms with Crippen LogP contribution in [0.25, 0.3) is 0 Å². The Kier molecular flexibility index (Phi) is 8.70. The third-order valence-electron chi connectivity index (χ3n) is 2.63. The summed E-state index contributed by atoms with van der Waals surface area (Å²) in [5.74, 6) is -3.59. The SMILES string of the molecule is CNC(=O)C(CC(=O)O)NC(=O)C(C)CC(=O)NCCO. The number of aliphatic carboxylic acids is 1. The van der Waals surface area contributed by atoms with Gasteiger partial charge >= 0.3 is 5.97 Å². The molecule has 0 spiro atoms. The summed E-state index contributed by atoms with van der Waals surface area (Å²) >= 11 is 0. The van der Waals surface area contributed by atoms with Gasteiger partial charge in [0.15, 0.2) is 0 Å². The molecule has 21 heavy (non-hydrogen) atoms. The van der Waals surface area contributed by atoms with Gasteiger partial charge in [-0.2, -0.15) is 0 Å². The van der Waals surface area contributed by atoms with Gasteiger partial charge in [0, 0.05) is 25.9 Å². The molecule has 0 radical (unpaired) electrons. The smallest absolute Gasteiger partial charge is 0.305 e. The highest BCUT2D eigenvalue weighted by atomic mass is 16.4. The van der Waals surface area contributed by atoms with Crippen molar-refractivity contribution >= 4 is 23.7 Å². The predicted octanol–water partition coefficient (Wildman–Crippen LogP) is -2.17. The van der Waals surface area contributed by atoms with Gasteiger partial charge in [-0.15, -0.1) is 0 Å². The van der Waals surface area contributed by atoms with Gasteiger partial charge in [-0.25, -0.2) is 0 Å². The summed E-state index contributed by atoms with van der Waals surface area (Å²) in [7, 11) is 1.33. The summed E-state index contributed by atoms with van der Waals surface area (Å²) in [4.78, 5) is 45.4. The molecule has 0 saturated heterocycles. The maximum Gasteiger partial charge on any atom is 0.305 e. The molecule has 2 atom stereocenters. The van der Waals surface area contributed by atoms with Crippen molar-refractivity contribution in [3.05, 3.63) is 0 Å². The summed E-state index contributed by atoms with van der Waals surface area (Å²) in [6.07, 6.45) is -0.672. The van der Waals surface area contributed by atoms with Gasteiger partial charge in [0.05, 0.1) is 13.0 Å². The van der Waals surface area contributed by atoms with E-state index in [1.165, 1.54) is 14.0 Å². The highest BCUT2D eigenvalue weighted by Crippen LogP contribution is 2.04. The van der Waals surface area contributed by atoms with Crippen molar-refractivity contribution in [2.24, 2.45) is 5.92 Å². The number of nitrogens with one attached hydrogen (secondary N) is 3. The Morgan fingerprint density at radius 2 is 1.71 bits per heavy atom. The molecule has 9 nitrogen and oxygen atoms in total. The largest absolute Gasteiger partial charge is 0.481 e. The number of carboxylic acid groups (broad SMARTS) is 1. The second-order valence-corrected chi connectivity index (χ2v) is 4.45. The maximum absolute atomic E-state index is 11.9. The van der Waals surface area contributed by atoms with Gasteiger partial charge in [-0.3, -0.25) is 19.2 Å². The van der Waals surface area contributed by atoms with Crippen molar-refractivity contribution in [1.29, 1.82) is 0 Å². The number of aliphatic hydroxyl groups is 1. The molecule has 120 valence electrons. The molecule has 0 saturated carbocycles. The molecule has 9 heteroatoms. The maximum atomic E-state index is 11.9. The Hall–Kier alpha value is -2.16. The van der Waals surface area contributed by atoms with Crippen LogP contribution in [0.3, 0.4) is 0 Å². The highest BCUT2D eigenvalue weighted by molar-refractivity contribution is 5.92. The van der Waals surface area contributed by atoms with Crippen LogP contribution in [-0.4, -0.2) is 60.1 Å². The van der Waals surface area contributed by atoms with Crippen molar-refractivity contribution in [3.8, 4) is 0 Å². The van der Waals surface area contributed by atoms with E-state index in [0.29, 0.717) is 0 Å². The molecular weight excluding hydrogens is 282 g/mol. The van der Waals surface area contributed by atoms with Crippen LogP contribution < -0.4 is 16.0 Å². The lowest BCUT2D eigenvalue weighted by atomic mass is 10.1. The minimum absolute atomic E-state index is 0.0903. The summed E-state index contributed by atoms with van der Waals surface area (Å²) in [5.41, 5.74) is 0. The van der Waals surface area contributed by atoms with E-state index < -0.39 is 42.1 Å². The van der Waals surface area contributed by atoms with Gasteiger partial charge in [0.2, 0.25) is 17.7 Å². The fourth-order valence-corrected chi connectivity index (χ4v) is 1.51. The van der Waals surface area contributed by atoms with Crippen molar-refractivity contribution in [3.63, 3.8) is 0 Å². The molecular formula is C12H21N3O6. The molecule has 0 fully saturated rings. The zero-order valence-electron chi connectivity index (χ0n) is 12.0. The van der Waals surface area contributed by atoms with Crippen LogP contribution in [0.5, 0.6) is 0 Å². The van der Waals surface area contributed by atoms with Crippen LogP contribution in [0.15, 0.2) is 0 Å². The highest BCUT2D eigenvalue weighted by Gasteiger charge is 2.25. The van der Waals surface area contributed by atoms with E-state index in [-0.39, 0.29) is 19.6 Å². The van der Waals surface area contributed by atoms with Crippen molar-refractivity contribution in [1.82, 2.24) is 16.0 Å². The van der Waals surface area contributed by atoms with Gasteiger partial charge in [0.25, 0.3) is 0 Å². The Morgan fingerprint density at radius 3 is 2.19 bits per heavy atom. The molecule has 0 aromatic carbocycles. The monoisotopic (exact) mass is 303 g/mol. The lowest BCUT2D eigenvalue weighted by molar-refractivity contribution is -0.141. The topological polar surface area (TPSA) is 145 Å². The quantitative estimate of drug-likeness (QED) is 0.328. The van der Waals surface area contributed by atoms with Crippen molar-refractivity contribution in [2.75, 3.05) is 20.2 Å². The van der Waals surface area contributed by atoms with E-state index in [4.69, 9.17) is 10.2 Å². The van der Waals surface area contributed by atoms with E-state index in [1.807, 2.05) is 0 Å². The minimum Gasteiger partial charge on any atom is -0.481 e. The van der Waals surface area contributed by atoms with Gasteiger partial charge in [0.1, 0.15) is 6.04 Å². The zero-order chi connectivity index (χ0) is 16.4. The van der Waals surface area contributed by atoms with Gasteiger partial charge in [-0.1, -0.05) is 6.92 Å². The molecule has 2 unspecified atom stereocenters. The number of carboxylic acids is 1. The number of aliphatic hydroxyl groups excluding tert-OH is 1. The summed E-state index contributed by atoms with van der Waals surface area (Å²) in [5, 5.41) is 24.2. The molecule has 0 aliphatic heterocycles. The Bertz CT molecular complexity index is 398. The van der Waals surface area contributed by atoms with Crippen LogP contribution in [0.1, 0.15) is 19.8 Å². The molecule has 0 heterocycles. The summed E-state index contributed by atoms with van der Waals surface area (Å²) in [6, 6.07) is -1.19. The number of likely N-dealkylation sites (N-methyl/N-ethyl adjacent to an activating group) is 1. The molecule has 5 N–H and O–H groups in total. The lowest BCUT2D eigenvalue weighted by Crippen LogP contribution is -2.48. The fraction of sp³-hybridized carbons (Fsp3) is 0.667. The van der Waals surface area contributed by atoms with Crippen LogP contribution >= 0.6 is 0 Å². The average molecular weight is 303 g/mol. The van der Waals surface area contributed by atoms with Crippen molar-refractivity contribution in [2.45, 2.75) is 25.8 Å². The molecule has 3 amide bonds. The molecule has 0 aromatic rings. The number of carbonyl (C=O) groups excluding carboxylic acids is 3. The van der Waals surface area contributed by atoms with E-state index in [2.05, 4.69) is 16.0 Å². The Morgan fingerprint density at radius 1 is 1.10 bits per heavy atom. The normalized spacial score (nSPS) is 12.9. The van der Waals surface area contributed by atoms with Crippen LogP contribution in [0, 0.1) is 5.92 Å². The number of amides is 3. The minimum atomic E-state index is -1.22. The second kappa shape index (κ2) is 9.70. The van der Waals surface area contributed by atoms with E-state index in [1.54, 1.807) is 0 Å². The molecule has 0 aliphatic carbocycles. The van der Waals surface area contributed by atoms with E-state index in [0.717, 1.165) is 0 Å². The molecule has 0 aromatic heterocycles. The second-order valence-electron chi connectivity index (χ2n) is 4.45. The first-order chi connectivity index (χ1) is 9.81. The average Bonchev–Trinajstić information content (AvgIpc) is 2.42. The first kappa shape index (κ1) is 18.8. The fourth-order valence-electron chi connectivity index (χ4n) is 1.51. The lowest BCUT2D eigenvalue weighted by Gasteiger charge is -2.18. The van der Waals surface area contributed by atoms with Crippen molar-refractivity contribution < 1.29 is 29.4 Å². The number of rotatable bonds is 9. The van der Waals surface area contributed by atoms with Crippen LogP contribution in [-0.2, 0) is 19.2 Å².